The number of rotatable bonds is 8. The first-order chi connectivity index (χ1) is 13.5. The van der Waals surface area contributed by atoms with E-state index in [1.807, 2.05) is 24.3 Å². The highest BCUT2D eigenvalue weighted by Gasteiger charge is 2.14. The molecular formula is C22H24N2O4. The van der Waals surface area contributed by atoms with Crippen LogP contribution < -0.4 is 10.2 Å². The lowest BCUT2D eigenvalue weighted by Crippen LogP contribution is -2.15. The maximum absolute atomic E-state index is 12.6. The van der Waals surface area contributed by atoms with Gasteiger partial charge < -0.3 is 9.30 Å². The smallest absolute Gasteiger partial charge is 0.270 e. The van der Waals surface area contributed by atoms with Crippen LogP contribution in [0, 0.1) is 10.1 Å². The van der Waals surface area contributed by atoms with Crippen LogP contribution in [0.2, 0.25) is 0 Å². The molecule has 28 heavy (non-hydrogen) atoms. The zero-order valence-electron chi connectivity index (χ0n) is 16.2. The van der Waals surface area contributed by atoms with E-state index < -0.39 is 4.92 Å². The number of hydrogen-bond acceptors (Lipinski definition) is 4. The molecule has 3 aromatic rings. The van der Waals surface area contributed by atoms with Gasteiger partial charge in [0.05, 0.1) is 22.9 Å². The third kappa shape index (κ3) is 4.22. The highest BCUT2D eigenvalue weighted by molar-refractivity contribution is 5.82. The fraction of sp³-hybridized carbons (Fsp3) is 0.318. The van der Waals surface area contributed by atoms with Crippen molar-refractivity contribution < 1.29 is 9.66 Å². The molecule has 0 fully saturated rings. The molecule has 0 saturated heterocycles. The number of ether oxygens (including phenoxy) is 1. The fourth-order valence-electron chi connectivity index (χ4n) is 3.40. The lowest BCUT2D eigenvalue weighted by molar-refractivity contribution is -0.384. The van der Waals surface area contributed by atoms with E-state index in [0.29, 0.717) is 11.9 Å². The molecule has 1 heterocycles. The van der Waals surface area contributed by atoms with Crippen LogP contribution >= 0.6 is 0 Å². The van der Waals surface area contributed by atoms with E-state index in [2.05, 4.69) is 11.5 Å². The van der Waals surface area contributed by atoms with Crippen LogP contribution in [0.25, 0.3) is 10.9 Å². The van der Waals surface area contributed by atoms with Gasteiger partial charge in [0, 0.05) is 30.4 Å². The molecule has 0 bridgehead atoms. The van der Waals surface area contributed by atoms with Gasteiger partial charge in [-0.25, -0.2) is 0 Å². The monoisotopic (exact) mass is 380 g/mol. The second kappa shape index (κ2) is 8.69. The van der Waals surface area contributed by atoms with E-state index in [4.69, 9.17) is 4.74 Å². The van der Waals surface area contributed by atoms with Crippen molar-refractivity contribution in [2.24, 2.45) is 0 Å². The lowest BCUT2D eigenvalue weighted by atomic mass is 10.1. The Morgan fingerprint density at radius 1 is 1.07 bits per heavy atom. The first-order valence-electron chi connectivity index (χ1n) is 9.47. The number of pyridine rings is 1. The average molecular weight is 380 g/mol. The Bertz CT molecular complexity index is 1040. The summed E-state index contributed by atoms with van der Waals surface area (Å²) in [6.07, 6.45) is 3.99. The first kappa shape index (κ1) is 19.6. The molecule has 6 nitrogen and oxygen atoms in total. The summed E-state index contributed by atoms with van der Waals surface area (Å²) >= 11 is 0. The van der Waals surface area contributed by atoms with E-state index in [1.165, 1.54) is 12.1 Å². The number of aromatic nitrogens is 1. The third-order valence-electron chi connectivity index (χ3n) is 4.93. The van der Waals surface area contributed by atoms with Gasteiger partial charge in [0.15, 0.2) is 5.43 Å². The normalized spacial score (nSPS) is 10.9. The number of benzene rings is 2. The third-order valence-corrected chi connectivity index (χ3v) is 4.93. The Hall–Kier alpha value is -3.15. The molecule has 0 aliphatic heterocycles. The van der Waals surface area contributed by atoms with E-state index in [1.54, 1.807) is 19.2 Å². The Labute approximate surface area is 163 Å². The standard InChI is InChI=1S/C22H24N2O4/c1-3-4-5-6-17-14-22(25)20-13-18(24(26)27)9-12-21(20)23(17)15-16-7-10-19(28-2)11-8-16/h7-14H,3-6,15H2,1-2H3. The number of non-ortho nitro benzene ring substituents is 1. The highest BCUT2D eigenvalue weighted by atomic mass is 16.6. The highest BCUT2D eigenvalue weighted by Crippen LogP contribution is 2.22. The molecule has 146 valence electrons. The van der Waals surface area contributed by atoms with Gasteiger partial charge in [0.2, 0.25) is 0 Å². The molecule has 0 amide bonds. The van der Waals surface area contributed by atoms with Crippen LogP contribution in [0.5, 0.6) is 5.75 Å². The summed E-state index contributed by atoms with van der Waals surface area (Å²) in [5.41, 5.74) is 2.51. The predicted molar refractivity (Wildman–Crippen MR) is 110 cm³/mol. The predicted octanol–water partition coefficient (Wildman–Crippen LogP) is 4.70. The van der Waals surface area contributed by atoms with E-state index in [-0.39, 0.29) is 11.1 Å². The van der Waals surface area contributed by atoms with Crippen molar-refractivity contribution in [1.82, 2.24) is 4.57 Å². The molecule has 0 radical (unpaired) electrons. The summed E-state index contributed by atoms with van der Waals surface area (Å²) in [6.45, 7) is 2.73. The van der Waals surface area contributed by atoms with Gasteiger partial charge in [-0.3, -0.25) is 14.9 Å². The zero-order valence-corrected chi connectivity index (χ0v) is 16.2. The van der Waals surface area contributed by atoms with Crippen LogP contribution in [0.4, 0.5) is 5.69 Å². The van der Waals surface area contributed by atoms with Gasteiger partial charge in [-0.1, -0.05) is 31.9 Å². The molecule has 0 saturated carbocycles. The molecular weight excluding hydrogens is 356 g/mol. The summed E-state index contributed by atoms with van der Waals surface area (Å²) in [5, 5.41) is 11.5. The van der Waals surface area contributed by atoms with Crippen LogP contribution in [-0.4, -0.2) is 16.6 Å². The molecule has 0 unspecified atom stereocenters. The van der Waals surface area contributed by atoms with Gasteiger partial charge in [0.1, 0.15) is 5.75 Å². The van der Waals surface area contributed by atoms with Crippen molar-refractivity contribution in [3.63, 3.8) is 0 Å². The molecule has 1 aromatic heterocycles. The quantitative estimate of drug-likeness (QED) is 0.322. The average Bonchev–Trinajstić information content (AvgIpc) is 2.71. The second-order valence-corrected chi connectivity index (χ2v) is 6.85. The zero-order chi connectivity index (χ0) is 20.1. The summed E-state index contributed by atoms with van der Waals surface area (Å²) in [7, 11) is 1.63. The van der Waals surface area contributed by atoms with Gasteiger partial charge in [-0.2, -0.15) is 0 Å². The number of aryl methyl sites for hydroxylation is 1. The van der Waals surface area contributed by atoms with E-state index in [9.17, 15) is 14.9 Å². The molecule has 0 N–H and O–H groups in total. The van der Waals surface area contributed by atoms with Crippen molar-refractivity contribution >= 4 is 16.6 Å². The first-order valence-corrected chi connectivity index (χ1v) is 9.47. The Kier molecular flexibility index (Phi) is 6.09. The van der Waals surface area contributed by atoms with Crippen molar-refractivity contribution in [3.8, 4) is 5.75 Å². The minimum absolute atomic E-state index is 0.0701. The van der Waals surface area contributed by atoms with Gasteiger partial charge in [-0.15, -0.1) is 0 Å². The Balaban J connectivity index is 2.10. The summed E-state index contributed by atoms with van der Waals surface area (Å²) in [4.78, 5) is 23.3. The van der Waals surface area contributed by atoms with E-state index >= 15 is 0 Å². The molecule has 0 atom stereocenters. The number of unbranched alkanes of at least 4 members (excludes halogenated alkanes) is 2. The molecule has 0 aliphatic rings. The number of hydrogen-bond donors (Lipinski definition) is 0. The lowest BCUT2D eigenvalue weighted by Gasteiger charge is -2.17. The summed E-state index contributed by atoms with van der Waals surface area (Å²) in [5.74, 6) is 0.785. The number of nitro groups is 1. The molecule has 0 aliphatic carbocycles. The maximum Gasteiger partial charge on any atom is 0.270 e. The summed E-state index contributed by atoms with van der Waals surface area (Å²) in [6, 6.07) is 13.9. The van der Waals surface area contributed by atoms with E-state index in [0.717, 1.165) is 48.2 Å². The van der Waals surface area contributed by atoms with Crippen molar-refractivity contribution in [2.75, 3.05) is 7.11 Å². The van der Waals surface area contributed by atoms with Crippen molar-refractivity contribution in [2.45, 2.75) is 39.2 Å². The van der Waals surface area contributed by atoms with Crippen LogP contribution in [-0.2, 0) is 13.0 Å². The van der Waals surface area contributed by atoms with Crippen LogP contribution in [0.3, 0.4) is 0 Å². The molecule has 3 rings (SSSR count). The SMILES string of the molecule is CCCCCc1cc(=O)c2cc([N+](=O)[O-])ccc2n1Cc1ccc(OC)cc1. The largest absolute Gasteiger partial charge is 0.497 e. The van der Waals surface area contributed by atoms with Crippen LogP contribution in [0.1, 0.15) is 37.4 Å². The van der Waals surface area contributed by atoms with Gasteiger partial charge >= 0.3 is 0 Å². The fourth-order valence-corrected chi connectivity index (χ4v) is 3.40. The number of methoxy groups -OCH3 is 1. The Morgan fingerprint density at radius 3 is 2.46 bits per heavy atom. The Morgan fingerprint density at radius 2 is 1.82 bits per heavy atom. The summed E-state index contributed by atoms with van der Waals surface area (Å²) < 4.78 is 7.31. The van der Waals surface area contributed by atoms with Crippen molar-refractivity contribution in [1.29, 1.82) is 0 Å². The molecule has 2 aromatic carbocycles. The molecule has 0 spiro atoms. The van der Waals surface area contributed by atoms with Gasteiger partial charge in [0.25, 0.3) is 5.69 Å². The number of fused-ring (bicyclic) bond motifs is 1. The van der Waals surface area contributed by atoms with Crippen LogP contribution in [0.15, 0.2) is 53.3 Å². The minimum atomic E-state index is -0.470. The van der Waals surface area contributed by atoms with Crippen molar-refractivity contribution in [3.05, 3.63) is 80.1 Å². The topological polar surface area (TPSA) is 74.4 Å². The molecule has 6 heteroatoms. The second-order valence-electron chi connectivity index (χ2n) is 6.85. The minimum Gasteiger partial charge on any atom is -0.497 e. The number of nitro benzene ring substituents is 1. The number of nitrogens with zero attached hydrogens (tertiary/aromatic N) is 2. The maximum atomic E-state index is 12.6. The van der Waals surface area contributed by atoms with Gasteiger partial charge in [-0.05, 0) is 36.6 Å².